The van der Waals surface area contributed by atoms with E-state index < -0.39 is 6.10 Å². The molecule has 0 unspecified atom stereocenters. The highest BCUT2D eigenvalue weighted by Gasteiger charge is 2.07. The fourth-order valence-corrected chi connectivity index (χ4v) is 3.48. The number of rotatable bonds is 16. The van der Waals surface area contributed by atoms with Gasteiger partial charge in [0.15, 0.2) is 0 Å². The molecular formula is C28H37N3O6. The largest absolute Gasteiger partial charge is 0.494 e. The van der Waals surface area contributed by atoms with E-state index in [1.807, 2.05) is 38.1 Å². The van der Waals surface area contributed by atoms with Crippen molar-refractivity contribution in [3.8, 4) is 17.2 Å². The lowest BCUT2D eigenvalue weighted by Gasteiger charge is -2.15. The van der Waals surface area contributed by atoms with Crippen LogP contribution in [0.5, 0.6) is 17.2 Å². The van der Waals surface area contributed by atoms with Crippen LogP contribution >= 0.6 is 0 Å². The van der Waals surface area contributed by atoms with Crippen LogP contribution in [0.25, 0.3) is 10.9 Å². The SMILES string of the molecule is CC(C)NC[C@H](O)COc1ccc(OCCCNC(=O)CCCOc2ccc3[nH]c(=O)ccc3c2)cc1. The van der Waals surface area contributed by atoms with Gasteiger partial charge >= 0.3 is 0 Å². The molecule has 0 fully saturated rings. The normalized spacial score (nSPS) is 11.9. The number of carbonyl (C=O) groups excluding carboxylic acids is 1. The van der Waals surface area contributed by atoms with Crippen LogP contribution in [0.3, 0.4) is 0 Å². The van der Waals surface area contributed by atoms with Crippen LogP contribution in [-0.4, -0.2) is 61.1 Å². The fourth-order valence-electron chi connectivity index (χ4n) is 3.48. The number of aliphatic hydroxyl groups is 1. The van der Waals surface area contributed by atoms with Crippen LogP contribution in [0.15, 0.2) is 59.4 Å². The molecule has 0 aliphatic heterocycles. The number of pyridine rings is 1. The van der Waals surface area contributed by atoms with Gasteiger partial charge in [-0.2, -0.15) is 0 Å². The van der Waals surface area contributed by atoms with E-state index in [1.54, 1.807) is 24.3 Å². The first-order valence-corrected chi connectivity index (χ1v) is 12.7. The third-order valence-corrected chi connectivity index (χ3v) is 5.45. The third kappa shape index (κ3) is 10.5. The fraction of sp³-hybridized carbons (Fsp3) is 0.429. The zero-order valence-corrected chi connectivity index (χ0v) is 21.5. The van der Waals surface area contributed by atoms with Gasteiger partial charge in [-0.25, -0.2) is 0 Å². The van der Waals surface area contributed by atoms with Gasteiger partial charge in [0.25, 0.3) is 0 Å². The van der Waals surface area contributed by atoms with Gasteiger partial charge in [-0.05, 0) is 61.4 Å². The van der Waals surface area contributed by atoms with Crippen molar-refractivity contribution in [3.05, 3.63) is 65.0 Å². The lowest BCUT2D eigenvalue weighted by molar-refractivity contribution is -0.121. The van der Waals surface area contributed by atoms with E-state index >= 15 is 0 Å². The van der Waals surface area contributed by atoms with Crippen molar-refractivity contribution in [2.45, 2.75) is 45.3 Å². The molecule has 9 heteroatoms. The summed E-state index contributed by atoms with van der Waals surface area (Å²) in [5.74, 6) is 2.07. The van der Waals surface area contributed by atoms with Crippen LogP contribution in [-0.2, 0) is 4.79 Å². The van der Waals surface area contributed by atoms with Crippen LogP contribution in [0.4, 0.5) is 0 Å². The molecule has 9 nitrogen and oxygen atoms in total. The third-order valence-electron chi connectivity index (χ3n) is 5.45. The van der Waals surface area contributed by atoms with Crippen LogP contribution in [0.1, 0.15) is 33.1 Å². The molecule has 0 saturated carbocycles. The van der Waals surface area contributed by atoms with E-state index in [0.717, 1.165) is 16.7 Å². The molecule has 37 heavy (non-hydrogen) atoms. The molecule has 1 atom stereocenters. The summed E-state index contributed by atoms with van der Waals surface area (Å²) >= 11 is 0. The number of H-pyrrole nitrogens is 1. The highest BCUT2D eigenvalue weighted by atomic mass is 16.5. The molecule has 0 radical (unpaired) electrons. The number of aromatic amines is 1. The molecule has 0 saturated heterocycles. The number of aliphatic hydroxyl groups excluding tert-OH is 1. The van der Waals surface area contributed by atoms with Crippen molar-refractivity contribution in [1.82, 2.24) is 15.6 Å². The highest BCUT2D eigenvalue weighted by molar-refractivity contribution is 5.79. The number of hydrogen-bond donors (Lipinski definition) is 4. The summed E-state index contributed by atoms with van der Waals surface area (Å²) in [7, 11) is 0. The highest BCUT2D eigenvalue weighted by Crippen LogP contribution is 2.19. The summed E-state index contributed by atoms with van der Waals surface area (Å²) in [5, 5.41) is 16.9. The smallest absolute Gasteiger partial charge is 0.248 e. The Bertz CT molecular complexity index is 1160. The van der Waals surface area contributed by atoms with E-state index in [0.29, 0.717) is 63.1 Å². The Balaban J connectivity index is 1.22. The van der Waals surface area contributed by atoms with Gasteiger partial charge in [0.2, 0.25) is 11.5 Å². The molecule has 1 aromatic heterocycles. The van der Waals surface area contributed by atoms with E-state index in [2.05, 4.69) is 15.6 Å². The summed E-state index contributed by atoms with van der Waals surface area (Å²) in [5.41, 5.74) is 0.623. The molecule has 1 amide bonds. The molecule has 2 aromatic carbocycles. The maximum absolute atomic E-state index is 12.0. The van der Waals surface area contributed by atoms with Gasteiger partial charge < -0.3 is 34.9 Å². The zero-order chi connectivity index (χ0) is 26.5. The minimum atomic E-state index is -0.570. The quantitative estimate of drug-likeness (QED) is 0.218. The topological polar surface area (TPSA) is 122 Å². The van der Waals surface area contributed by atoms with Crippen molar-refractivity contribution in [2.75, 3.05) is 32.9 Å². The van der Waals surface area contributed by atoms with E-state index in [4.69, 9.17) is 14.2 Å². The Hall–Kier alpha value is -3.56. The molecule has 0 bridgehead atoms. The molecular weight excluding hydrogens is 474 g/mol. The lowest BCUT2D eigenvalue weighted by atomic mass is 10.2. The first-order chi connectivity index (χ1) is 17.9. The summed E-state index contributed by atoms with van der Waals surface area (Å²) in [6, 6.07) is 16.3. The Morgan fingerprint density at radius 3 is 2.35 bits per heavy atom. The van der Waals surface area contributed by atoms with Gasteiger partial charge in [0, 0.05) is 42.5 Å². The van der Waals surface area contributed by atoms with Gasteiger partial charge in [-0.3, -0.25) is 9.59 Å². The number of aromatic nitrogens is 1. The Morgan fingerprint density at radius 2 is 1.59 bits per heavy atom. The summed E-state index contributed by atoms with van der Waals surface area (Å²) in [4.78, 5) is 26.2. The Morgan fingerprint density at radius 1 is 0.919 bits per heavy atom. The summed E-state index contributed by atoms with van der Waals surface area (Å²) < 4.78 is 17.0. The molecule has 0 spiro atoms. The lowest BCUT2D eigenvalue weighted by Crippen LogP contribution is -2.35. The van der Waals surface area contributed by atoms with E-state index in [9.17, 15) is 14.7 Å². The number of hydrogen-bond acceptors (Lipinski definition) is 7. The summed E-state index contributed by atoms with van der Waals surface area (Å²) in [6.07, 6.45) is 1.10. The minimum Gasteiger partial charge on any atom is -0.494 e. The first-order valence-electron chi connectivity index (χ1n) is 12.7. The second-order valence-corrected chi connectivity index (χ2v) is 9.07. The Kier molecular flexibility index (Phi) is 11.3. The summed E-state index contributed by atoms with van der Waals surface area (Å²) in [6.45, 7) is 6.20. The predicted octanol–water partition coefficient (Wildman–Crippen LogP) is 3.01. The molecule has 0 aliphatic carbocycles. The van der Waals surface area contributed by atoms with Crippen molar-refractivity contribution >= 4 is 16.8 Å². The second kappa shape index (κ2) is 14.9. The van der Waals surface area contributed by atoms with Gasteiger partial charge in [0.1, 0.15) is 30.0 Å². The van der Waals surface area contributed by atoms with Crippen molar-refractivity contribution in [3.63, 3.8) is 0 Å². The monoisotopic (exact) mass is 511 g/mol. The van der Waals surface area contributed by atoms with E-state index in [-0.39, 0.29) is 18.1 Å². The standard InChI is InChI=1S/C28H37N3O6/c1-20(2)30-18-22(32)19-37-24-9-7-23(8-10-24)35-16-4-14-29-27(33)5-3-15-36-25-11-12-26-21(17-25)6-13-28(34)31-26/h6-13,17,20,22,30,32H,3-5,14-16,18-19H2,1-2H3,(H,29,33)(H,31,34)/t22-/m0/s1. The maximum Gasteiger partial charge on any atom is 0.248 e. The van der Waals surface area contributed by atoms with Crippen molar-refractivity contribution < 1.29 is 24.1 Å². The van der Waals surface area contributed by atoms with Gasteiger partial charge in [0.05, 0.1) is 13.2 Å². The molecule has 1 heterocycles. The second-order valence-electron chi connectivity index (χ2n) is 9.07. The molecule has 200 valence electrons. The van der Waals surface area contributed by atoms with Gasteiger partial charge in [-0.15, -0.1) is 0 Å². The average molecular weight is 512 g/mol. The van der Waals surface area contributed by atoms with Crippen LogP contribution < -0.4 is 30.4 Å². The van der Waals surface area contributed by atoms with Crippen molar-refractivity contribution in [1.29, 1.82) is 0 Å². The number of nitrogens with one attached hydrogen (secondary N) is 3. The minimum absolute atomic E-state index is 0.0213. The number of fused-ring (bicyclic) bond motifs is 1. The number of ether oxygens (including phenoxy) is 3. The number of carbonyl (C=O) groups is 1. The Labute approximate surface area is 217 Å². The maximum atomic E-state index is 12.0. The number of benzene rings is 2. The average Bonchev–Trinajstić information content (AvgIpc) is 2.89. The molecule has 0 aliphatic rings. The molecule has 4 N–H and O–H groups in total. The van der Waals surface area contributed by atoms with Crippen LogP contribution in [0.2, 0.25) is 0 Å². The molecule has 3 aromatic rings. The molecule has 3 rings (SSSR count). The first kappa shape index (κ1) is 28.0. The van der Waals surface area contributed by atoms with Crippen LogP contribution in [0, 0.1) is 0 Å². The van der Waals surface area contributed by atoms with Gasteiger partial charge in [-0.1, -0.05) is 13.8 Å². The van der Waals surface area contributed by atoms with Crippen molar-refractivity contribution in [2.24, 2.45) is 0 Å². The number of amides is 1. The predicted molar refractivity (Wildman–Crippen MR) is 144 cm³/mol. The van der Waals surface area contributed by atoms with E-state index in [1.165, 1.54) is 6.07 Å². The zero-order valence-electron chi connectivity index (χ0n) is 21.5.